The molecule has 5 amide bonds. The molecule has 1 saturated heterocycles. The van der Waals surface area contributed by atoms with E-state index in [0.717, 1.165) is 12.1 Å². The highest BCUT2D eigenvalue weighted by atomic mass is 32.2. The van der Waals surface area contributed by atoms with Crippen molar-refractivity contribution in [2.45, 2.75) is 17.7 Å². The predicted octanol–water partition coefficient (Wildman–Crippen LogP) is -3.10. The van der Waals surface area contributed by atoms with Crippen LogP contribution in [0.15, 0.2) is 29.2 Å². The van der Waals surface area contributed by atoms with E-state index in [9.17, 15) is 37.2 Å². The highest BCUT2D eigenvalue weighted by Crippen LogP contribution is 2.11. The zero-order valence-electron chi connectivity index (χ0n) is 16.5. The van der Waals surface area contributed by atoms with Crippen molar-refractivity contribution < 1.29 is 42.0 Å². The van der Waals surface area contributed by atoms with Crippen LogP contribution in [0.25, 0.3) is 0 Å². The Morgan fingerprint density at radius 2 is 1.38 bits per heavy atom. The average Bonchev–Trinajstić information content (AvgIpc) is 3.06. The van der Waals surface area contributed by atoms with Crippen molar-refractivity contribution in [1.82, 2.24) is 21.0 Å². The first-order valence-electron chi connectivity index (χ1n) is 8.98. The van der Waals surface area contributed by atoms with E-state index in [1.54, 1.807) is 0 Å². The zero-order chi connectivity index (χ0) is 23.9. The SMILES string of the molecule is NS(=O)(=O)c1ccc(C(=O)NCC(=O)NCC(=O)NCC(=O)ON2C(=O)CCC2=O)cc1. The molecule has 0 atom stereocenters. The van der Waals surface area contributed by atoms with Gasteiger partial charge < -0.3 is 20.8 Å². The molecule has 1 aromatic carbocycles. The normalized spacial score (nSPS) is 13.5. The maximum absolute atomic E-state index is 12.0. The van der Waals surface area contributed by atoms with E-state index < -0.39 is 65.2 Å². The van der Waals surface area contributed by atoms with E-state index in [2.05, 4.69) is 20.8 Å². The van der Waals surface area contributed by atoms with Crippen LogP contribution < -0.4 is 21.1 Å². The van der Waals surface area contributed by atoms with Crippen molar-refractivity contribution in [3.05, 3.63) is 29.8 Å². The second kappa shape index (κ2) is 10.5. The molecule has 0 bridgehead atoms. The van der Waals surface area contributed by atoms with Crippen molar-refractivity contribution in [3.8, 4) is 0 Å². The van der Waals surface area contributed by atoms with Crippen LogP contribution >= 0.6 is 0 Å². The van der Waals surface area contributed by atoms with E-state index in [1.807, 2.05) is 0 Å². The van der Waals surface area contributed by atoms with Gasteiger partial charge in [0.15, 0.2) is 0 Å². The lowest BCUT2D eigenvalue weighted by molar-refractivity contribution is -0.196. The van der Waals surface area contributed by atoms with Gasteiger partial charge in [0.2, 0.25) is 21.8 Å². The number of nitrogens with zero attached hydrogens (tertiary/aromatic N) is 1. The molecule has 1 heterocycles. The molecule has 5 N–H and O–H groups in total. The number of carbonyl (C=O) groups is 6. The highest BCUT2D eigenvalue weighted by molar-refractivity contribution is 7.89. The van der Waals surface area contributed by atoms with Crippen molar-refractivity contribution >= 4 is 45.5 Å². The molecule has 0 saturated carbocycles. The number of carbonyl (C=O) groups excluding carboxylic acids is 6. The molecule has 1 aliphatic rings. The maximum atomic E-state index is 12.0. The summed E-state index contributed by atoms with van der Waals surface area (Å²) >= 11 is 0. The van der Waals surface area contributed by atoms with Gasteiger partial charge in [-0.1, -0.05) is 0 Å². The Balaban J connectivity index is 1.67. The molecule has 1 fully saturated rings. The minimum atomic E-state index is -3.90. The summed E-state index contributed by atoms with van der Waals surface area (Å²) in [4.78, 5) is 73.9. The largest absolute Gasteiger partial charge is 0.352 e. The molecule has 0 aromatic heterocycles. The number of rotatable bonds is 9. The molecule has 0 radical (unpaired) electrons. The van der Waals surface area contributed by atoms with Crippen LogP contribution in [0.4, 0.5) is 0 Å². The van der Waals surface area contributed by atoms with E-state index >= 15 is 0 Å². The topological polar surface area (TPSA) is 211 Å². The second-order valence-corrected chi connectivity index (χ2v) is 7.91. The number of sulfonamides is 1. The summed E-state index contributed by atoms with van der Waals surface area (Å²) < 4.78 is 22.4. The third kappa shape index (κ3) is 7.13. The first-order chi connectivity index (χ1) is 15.0. The lowest BCUT2D eigenvalue weighted by Crippen LogP contribution is -2.44. The molecule has 14 nitrogen and oxygen atoms in total. The lowest BCUT2D eigenvalue weighted by atomic mass is 10.2. The molecule has 0 spiro atoms. The van der Waals surface area contributed by atoms with E-state index in [1.165, 1.54) is 12.1 Å². The molecular weight excluding hydrogens is 450 g/mol. The smallest absolute Gasteiger partial charge is 0.346 e. The fraction of sp³-hybridized carbons (Fsp3) is 0.294. The van der Waals surface area contributed by atoms with Gasteiger partial charge in [0.05, 0.1) is 18.0 Å². The number of imide groups is 1. The Kier molecular flexibility index (Phi) is 7.97. The molecule has 0 aliphatic carbocycles. The van der Waals surface area contributed by atoms with Gasteiger partial charge in [-0.15, -0.1) is 5.06 Å². The van der Waals surface area contributed by atoms with Gasteiger partial charge in [-0.25, -0.2) is 18.4 Å². The van der Waals surface area contributed by atoms with Crippen molar-refractivity contribution in [2.75, 3.05) is 19.6 Å². The number of nitrogens with two attached hydrogens (primary N) is 1. The third-order valence-corrected chi connectivity index (χ3v) is 4.86. The summed E-state index contributed by atoms with van der Waals surface area (Å²) in [6, 6.07) is 4.69. The first-order valence-corrected chi connectivity index (χ1v) is 10.5. The standard InChI is InChI=1S/C17H19N5O9S/c18-32(29,30)11-3-1-10(2-4-11)17(28)21-8-13(24)19-7-12(23)20-9-16(27)31-22-14(25)5-6-15(22)26/h1-4H,5-9H2,(H,19,24)(H,20,23)(H,21,28)(H2,18,29,30). The Morgan fingerprint density at radius 3 is 1.91 bits per heavy atom. The quantitative estimate of drug-likeness (QED) is 0.269. The van der Waals surface area contributed by atoms with Gasteiger partial charge >= 0.3 is 5.97 Å². The molecule has 1 aromatic rings. The Labute approximate surface area is 181 Å². The number of nitrogens with one attached hydrogen (secondary N) is 3. The zero-order valence-corrected chi connectivity index (χ0v) is 17.3. The van der Waals surface area contributed by atoms with Crippen LogP contribution in [0.5, 0.6) is 0 Å². The van der Waals surface area contributed by atoms with Gasteiger partial charge in [0.1, 0.15) is 6.54 Å². The predicted molar refractivity (Wildman–Crippen MR) is 103 cm³/mol. The van der Waals surface area contributed by atoms with Crippen LogP contribution in [-0.4, -0.2) is 68.6 Å². The van der Waals surface area contributed by atoms with Gasteiger partial charge in [0.25, 0.3) is 17.7 Å². The second-order valence-electron chi connectivity index (χ2n) is 6.35. The molecule has 1 aliphatic heterocycles. The van der Waals surface area contributed by atoms with Crippen molar-refractivity contribution in [2.24, 2.45) is 5.14 Å². The third-order valence-electron chi connectivity index (χ3n) is 3.93. The van der Waals surface area contributed by atoms with Gasteiger partial charge in [0, 0.05) is 18.4 Å². The molecular formula is C17H19N5O9S. The average molecular weight is 469 g/mol. The fourth-order valence-corrected chi connectivity index (χ4v) is 2.84. The monoisotopic (exact) mass is 469 g/mol. The summed E-state index contributed by atoms with van der Waals surface area (Å²) in [7, 11) is -3.90. The van der Waals surface area contributed by atoms with Gasteiger partial charge in [-0.05, 0) is 24.3 Å². The highest BCUT2D eigenvalue weighted by Gasteiger charge is 2.32. The Morgan fingerprint density at radius 1 is 0.875 bits per heavy atom. The molecule has 0 unspecified atom stereocenters. The number of benzene rings is 1. The first kappa shape index (κ1) is 24.4. The van der Waals surface area contributed by atoms with E-state index in [4.69, 9.17) is 5.14 Å². The Bertz CT molecular complexity index is 1040. The van der Waals surface area contributed by atoms with Crippen LogP contribution in [0, 0.1) is 0 Å². The summed E-state index contributed by atoms with van der Waals surface area (Å²) in [6.45, 7) is -1.64. The summed E-state index contributed by atoms with van der Waals surface area (Å²) in [6.07, 6.45) is -0.135. The minimum Gasteiger partial charge on any atom is -0.346 e. The van der Waals surface area contributed by atoms with Crippen molar-refractivity contribution in [1.29, 1.82) is 0 Å². The van der Waals surface area contributed by atoms with Crippen LogP contribution in [-0.2, 0) is 38.8 Å². The van der Waals surface area contributed by atoms with Crippen LogP contribution in [0.2, 0.25) is 0 Å². The molecule has 172 valence electrons. The van der Waals surface area contributed by atoms with Crippen LogP contribution in [0.3, 0.4) is 0 Å². The van der Waals surface area contributed by atoms with Gasteiger partial charge in [-0.2, -0.15) is 0 Å². The number of hydrogen-bond donors (Lipinski definition) is 4. The molecule has 32 heavy (non-hydrogen) atoms. The summed E-state index contributed by atoms with van der Waals surface area (Å²) in [5, 5.41) is 11.9. The fourth-order valence-electron chi connectivity index (χ4n) is 2.33. The van der Waals surface area contributed by atoms with Crippen molar-refractivity contribution in [3.63, 3.8) is 0 Å². The number of primary sulfonamides is 1. The maximum Gasteiger partial charge on any atom is 0.352 e. The Hall–Kier alpha value is -3.85. The summed E-state index contributed by atoms with van der Waals surface area (Å²) in [5.74, 6) is -4.52. The number of hydroxylamine groups is 2. The van der Waals surface area contributed by atoms with E-state index in [-0.39, 0.29) is 23.3 Å². The minimum absolute atomic E-state index is 0.0675. The molecule has 15 heteroatoms. The van der Waals surface area contributed by atoms with E-state index in [0.29, 0.717) is 5.06 Å². The van der Waals surface area contributed by atoms with Crippen LogP contribution in [0.1, 0.15) is 23.2 Å². The molecule has 2 rings (SSSR count). The number of hydrogen-bond acceptors (Lipinski definition) is 9. The van der Waals surface area contributed by atoms with Gasteiger partial charge in [-0.3, -0.25) is 24.0 Å². The lowest BCUT2D eigenvalue weighted by Gasteiger charge is -2.13. The number of amides is 5. The summed E-state index contributed by atoms with van der Waals surface area (Å²) in [5.41, 5.74) is 0.0800.